The third-order valence-corrected chi connectivity index (χ3v) is 5.92. The molecule has 4 rings (SSSR count). The maximum Gasteiger partial charge on any atom is 0.338 e. The average Bonchev–Trinajstić information content (AvgIpc) is 2.85. The molecule has 0 radical (unpaired) electrons. The number of amides is 2. The van der Waals surface area contributed by atoms with E-state index in [1.165, 1.54) is 11.1 Å². The lowest BCUT2D eigenvalue weighted by Gasteiger charge is -2.33. The highest BCUT2D eigenvalue weighted by molar-refractivity contribution is 5.95. The third-order valence-electron chi connectivity index (χ3n) is 5.92. The highest BCUT2D eigenvalue weighted by atomic mass is 16.5. The molecule has 0 spiro atoms. The van der Waals surface area contributed by atoms with Crippen LogP contribution >= 0.6 is 0 Å². The average molecular weight is 448 g/mol. The van der Waals surface area contributed by atoms with Gasteiger partial charge in [-0.05, 0) is 42.2 Å². The summed E-state index contributed by atoms with van der Waals surface area (Å²) in [6.07, 6.45) is 3.12. The predicted molar refractivity (Wildman–Crippen MR) is 127 cm³/mol. The summed E-state index contributed by atoms with van der Waals surface area (Å²) in [4.78, 5) is 27.7. The number of nitrogens with one attached hydrogen (secondary N) is 2. The van der Waals surface area contributed by atoms with Crippen LogP contribution in [0.1, 0.15) is 30.5 Å². The Morgan fingerprint density at radius 2 is 1.88 bits per heavy atom. The molecule has 2 N–H and O–H groups in total. The minimum Gasteiger partial charge on any atom is -0.497 e. The second-order valence-corrected chi connectivity index (χ2v) is 8.00. The number of benzene rings is 2. The molecule has 0 saturated heterocycles. The van der Waals surface area contributed by atoms with Crippen molar-refractivity contribution in [1.29, 1.82) is 0 Å². The largest absolute Gasteiger partial charge is 0.497 e. The van der Waals surface area contributed by atoms with Crippen LogP contribution in [-0.2, 0) is 9.53 Å². The van der Waals surface area contributed by atoms with E-state index in [1.54, 1.807) is 14.0 Å². The summed E-state index contributed by atoms with van der Waals surface area (Å²) in [5, 5.41) is 5.74. The summed E-state index contributed by atoms with van der Waals surface area (Å²) < 4.78 is 10.6. The number of nitrogens with zero attached hydrogens (tertiary/aromatic N) is 1. The van der Waals surface area contributed by atoms with Crippen molar-refractivity contribution in [2.45, 2.75) is 19.4 Å². The summed E-state index contributed by atoms with van der Waals surface area (Å²) in [7, 11) is 1.60. The molecular formula is C26H29N3O4. The van der Waals surface area contributed by atoms with Crippen LogP contribution in [0.2, 0.25) is 0 Å². The highest BCUT2D eigenvalue weighted by Gasteiger charge is 2.34. The number of rotatable bonds is 7. The number of hydrogen-bond donors (Lipinski definition) is 2. The molecule has 1 atom stereocenters. The molecule has 33 heavy (non-hydrogen) atoms. The van der Waals surface area contributed by atoms with Crippen molar-refractivity contribution >= 4 is 17.6 Å². The van der Waals surface area contributed by atoms with Gasteiger partial charge in [0.15, 0.2) is 0 Å². The summed E-state index contributed by atoms with van der Waals surface area (Å²) in [6, 6.07) is 16.7. The van der Waals surface area contributed by atoms with E-state index in [1.807, 2.05) is 42.5 Å². The second-order valence-electron chi connectivity index (χ2n) is 8.00. The quantitative estimate of drug-likeness (QED) is 0.634. The predicted octanol–water partition coefficient (Wildman–Crippen LogP) is 3.66. The van der Waals surface area contributed by atoms with Crippen LogP contribution in [0, 0.1) is 0 Å². The Hall–Kier alpha value is -3.58. The first-order valence-corrected chi connectivity index (χ1v) is 11.2. The van der Waals surface area contributed by atoms with Gasteiger partial charge in [-0.2, -0.15) is 0 Å². The van der Waals surface area contributed by atoms with Crippen molar-refractivity contribution in [2.75, 3.05) is 33.4 Å². The normalized spacial score (nSPS) is 18.8. The minimum absolute atomic E-state index is 0.256. The fraction of sp³-hybridized carbons (Fsp3) is 0.308. The number of urea groups is 1. The van der Waals surface area contributed by atoms with Crippen molar-refractivity contribution in [3.8, 4) is 5.75 Å². The first-order valence-electron chi connectivity index (χ1n) is 11.2. The molecule has 2 aliphatic heterocycles. The monoisotopic (exact) mass is 447 g/mol. The standard InChI is InChI=1S/C26H29N3O4/c1-3-33-25(30)23-22(17-29-15-13-19(14-16-29)18-7-5-4-6-8-18)27-26(31)28-24(23)20-9-11-21(32-2)12-10-20/h4-13,24H,3,14-17H2,1-2H3,(H2,27,28,31)/t24-/m1/s1. The summed E-state index contributed by atoms with van der Waals surface area (Å²) in [5.41, 5.74) is 4.35. The Labute approximate surface area is 194 Å². The van der Waals surface area contributed by atoms with Crippen LogP contribution in [0.5, 0.6) is 5.75 Å². The van der Waals surface area contributed by atoms with Crippen molar-refractivity contribution in [3.63, 3.8) is 0 Å². The second kappa shape index (κ2) is 10.4. The van der Waals surface area contributed by atoms with Gasteiger partial charge in [-0.25, -0.2) is 9.59 Å². The van der Waals surface area contributed by atoms with Gasteiger partial charge in [-0.15, -0.1) is 0 Å². The molecule has 7 nitrogen and oxygen atoms in total. The topological polar surface area (TPSA) is 79.9 Å². The van der Waals surface area contributed by atoms with Gasteiger partial charge in [0.05, 0.1) is 25.3 Å². The summed E-state index contributed by atoms with van der Waals surface area (Å²) >= 11 is 0. The van der Waals surface area contributed by atoms with Gasteiger partial charge in [0.25, 0.3) is 0 Å². The van der Waals surface area contributed by atoms with Crippen LogP contribution in [-0.4, -0.2) is 50.3 Å². The van der Waals surface area contributed by atoms with Crippen LogP contribution in [0.4, 0.5) is 4.79 Å². The van der Waals surface area contributed by atoms with Gasteiger partial charge >= 0.3 is 12.0 Å². The smallest absolute Gasteiger partial charge is 0.338 e. The lowest BCUT2D eigenvalue weighted by Crippen LogP contribution is -2.48. The van der Waals surface area contributed by atoms with E-state index >= 15 is 0 Å². The molecule has 0 saturated carbocycles. The van der Waals surface area contributed by atoms with E-state index in [-0.39, 0.29) is 12.6 Å². The minimum atomic E-state index is -0.598. The Bertz CT molecular complexity index is 1060. The number of ether oxygens (including phenoxy) is 2. The van der Waals surface area contributed by atoms with Crippen molar-refractivity contribution in [2.24, 2.45) is 0 Å². The molecule has 0 bridgehead atoms. The van der Waals surface area contributed by atoms with Crippen LogP contribution < -0.4 is 15.4 Å². The Kier molecular flexibility index (Phi) is 7.10. The van der Waals surface area contributed by atoms with Crippen LogP contribution in [0.3, 0.4) is 0 Å². The lowest BCUT2D eigenvalue weighted by atomic mass is 9.94. The number of carbonyl (C=O) groups is 2. The Morgan fingerprint density at radius 1 is 1.12 bits per heavy atom. The fourth-order valence-corrected chi connectivity index (χ4v) is 4.23. The van der Waals surface area contributed by atoms with Crippen molar-refractivity contribution in [1.82, 2.24) is 15.5 Å². The third kappa shape index (κ3) is 5.26. The van der Waals surface area contributed by atoms with Gasteiger partial charge in [0, 0.05) is 25.3 Å². The molecule has 0 aliphatic carbocycles. The van der Waals surface area contributed by atoms with Crippen LogP contribution in [0.15, 0.2) is 71.9 Å². The molecule has 0 unspecified atom stereocenters. The zero-order valence-electron chi connectivity index (χ0n) is 19.0. The number of hydrogen-bond acceptors (Lipinski definition) is 5. The van der Waals surface area contributed by atoms with Gasteiger partial charge < -0.3 is 20.1 Å². The maximum atomic E-state index is 13.0. The molecule has 7 heteroatoms. The first kappa shape index (κ1) is 22.6. The van der Waals surface area contributed by atoms with Crippen molar-refractivity contribution in [3.05, 3.63) is 83.1 Å². The zero-order valence-corrected chi connectivity index (χ0v) is 19.0. The van der Waals surface area contributed by atoms with E-state index in [2.05, 4.69) is 33.7 Å². The van der Waals surface area contributed by atoms with Gasteiger partial charge in [-0.3, -0.25) is 4.90 Å². The summed E-state index contributed by atoms with van der Waals surface area (Å²) in [5.74, 6) is 0.272. The highest BCUT2D eigenvalue weighted by Crippen LogP contribution is 2.30. The Morgan fingerprint density at radius 3 is 2.52 bits per heavy atom. The molecule has 2 heterocycles. The van der Waals surface area contributed by atoms with E-state index in [0.717, 1.165) is 25.1 Å². The lowest BCUT2D eigenvalue weighted by molar-refractivity contribution is -0.139. The van der Waals surface area contributed by atoms with E-state index in [9.17, 15) is 9.59 Å². The molecule has 2 amide bonds. The number of esters is 1. The molecule has 0 aromatic heterocycles. The van der Waals surface area contributed by atoms with Gasteiger partial charge in [-0.1, -0.05) is 48.5 Å². The molecule has 2 aliphatic rings. The maximum absolute atomic E-state index is 13.0. The van der Waals surface area contributed by atoms with Crippen molar-refractivity contribution < 1.29 is 19.1 Å². The molecular weight excluding hydrogens is 418 g/mol. The molecule has 2 aromatic rings. The Balaban J connectivity index is 1.60. The molecule has 0 fully saturated rings. The fourth-order valence-electron chi connectivity index (χ4n) is 4.23. The number of carbonyl (C=O) groups excluding carboxylic acids is 2. The first-order chi connectivity index (χ1) is 16.1. The van der Waals surface area contributed by atoms with E-state index in [0.29, 0.717) is 23.6 Å². The molecule has 2 aromatic carbocycles. The van der Waals surface area contributed by atoms with Gasteiger partial charge in [0.1, 0.15) is 5.75 Å². The van der Waals surface area contributed by atoms with E-state index < -0.39 is 12.0 Å². The number of methoxy groups -OCH3 is 1. The molecule has 172 valence electrons. The van der Waals surface area contributed by atoms with E-state index in [4.69, 9.17) is 9.47 Å². The zero-order chi connectivity index (χ0) is 23.2. The van der Waals surface area contributed by atoms with Gasteiger partial charge in [0.2, 0.25) is 0 Å². The summed E-state index contributed by atoms with van der Waals surface area (Å²) in [6.45, 7) is 4.05. The SMILES string of the molecule is CCOC(=O)C1=C(CN2CC=C(c3ccccc3)CC2)NC(=O)N[C@@H]1c1ccc(OC)cc1. The van der Waals surface area contributed by atoms with Crippen LogP contribution in [0.25, 0.3) is 5.57 Å².